The lowest BCUT2D eigenvalue weighted by Gasteiger charge is -2.31. The molecular weight excluding hydrogens is 198 g/mol. The minimum Gasteiger partial charge on any atom is -0.325 e. The summed E-state index contributed by atoms with van der Waals surface area (Å²) in [6.07, 6.45) is 7.19. The van der Waals surface area contributed by atoms with E-state index in [9.17, 15) is 0 Å². The van der Waals surface area contributed by atoms with E-state index in [1.807, 2.05) is 0 Å². The van der Waals surface area contributed by atoms with Crippen molar-refractivity contribution < 1.29 is 0 Å². The van der Waals surface area contributed by atoms with Crippen LogP contribution in [-0.4, -0.2) is 27.3 Å². The molecule has 1 aromatic carbocycles. The van der Waals surface area contributed by atoms with Crippen LogP contribution in [0.2, 0.25) is 0 Å². The maximum Gasteiger partial charge on any atom is 0.127 e. The molecule has 1 fully saturated rings. The van der Waals surface area contributed by atoms with E-state index in [0.717, 1.165) is 6.04 Å². The Bertz CT molecular complexity index is 280. The Kier molecular flexibility index (Phi) is 3.98. The lowest BCUT2D eigenvalue weighted by Crippen LogP contribution is -2.41. The summed E-state index contributed by atoms with van der Waals surface area (Å²) >= 11 is 0. The first-order chi connectivity index (χ1) is 7.36. The molecule has 0 aromatic heterocycles. The molecule has 0 heterocycles. The van der Waals surface area contributed by atoms with Crippen molar-refractivity contribution in [1.29, 1.82) is 0 Å². The second-order valence-corrected chi connectivity index (χ2v) is 6.82. The maximum atomic E-state index is 2.66. The third-order valence-corrected chi connectivity index (χ3v) is 5.32. The summed E-state index contributed by atoms with van der Waals surface area (Å²) in [5, 5.41) is 1.57. The second-order valence-electron chi connectivity index (χ2n) is 4.69. The summed E-state index contributed by atoms with van der Waals surface area (Å²) in [5.41, 5.74) is 0. The van der Waals surface area contributed by atoms with Crippen LogP contribution in [-0.2, 0) is 0 Å². The first kappa shape index (κ1) is 10.9. The molecule has 82 valence electrons. The van der Waals surface area contributed by atoms with Gasteiger partial charge >= 0.3 is 0 Å². The molecule has 0 spiro atoms. The highest BCUT2D eigenvalue weighted by Crippen LogP contribution is 2.20. The predicted molar refractivity (Wildman–Crippen MR) is 69.3 cm³/mol. The summed E-state index contributed by atoms with van der Waals surface area (Å²) in [5.74, 6) is 0. The summed E-state index contributed by atoms with van der Waals surface area (Å²) < 4.78 is 2.66. The Morgan fingerprint density at radius 1 is 1.07 bits per heavy atom. The molecule has 0 bridgehead atoms. The van der Waals surface area contributed by atoms with E-state index in [0.29, 0.717) is 0 Å². The monoisotopic (exact) mass is 219 g/mol. The third-order valence-electron chi connectivity index (χ3n) is 3.47. The molecule has 1 saturated carbocycles. The number of rotatable bonds is 3. The van der Waals surface area contributed by atoms with Gasteiger partial charge in [-0.25, -0.2) is 0 Å². The number of nitrogens with zero attached hydrogens (tertiary/aromatic N) is 1. The van der Waals surface area contributed by atoms with Gasteiger partial charge in [-0.15, -0.1) is 0 Å². The van der Waals surface area contributed by atoms with Gasteiger partial charge in [0, 0.05) is 6.04 Å². The van der Waals surface area contributed by atoms with Gasteiger partial charge in [-0.05, 0) is 25.1 Å². The van der Waals surface area contributed by atoms with E-state index in [1.165, 1.54) is 32.1 Å². The Labute approximate surface area is 95.4 Å². The maximum absolute atomic E-state index is 2.66. The lowest BCUT2D eigenvalue weighted by molar-refractivity contribution is 0.293. The van der Waals surface area contributed by atoms with Crippen LogP contribution in [0.1, 0.15) is 32.1 Å². The Morgan fingerprint density at radius 3 is 2.40 bits per heavy atom. The molecule has 0 saturated heterocycles. The Morgan fingerprint density at radius 2 is 1.73 bits per heavy atom. The molecule has 0 N–H and O–H groups in total. The van der Waals surface area contributed by atoms with Crippen molar-refractivity contribution in [2.24, 2.45) is 0 Å². The average molecular weight is 219 g/mol. The molecule has 2 rings (SSSR count). The largest absolute Gasteiger partial charge is 0.325 e. The number of hydrogen-bond acceptors (Lipinski definition) is 1. The fraction of sp³-hybridized carbons (Fsp3) is 0.538. The molecule has 0 aliphatic heterocycles. The summed E-state index contributed by atoms with van der Waals surface area (Å²) in [4.78, 5) is 0. The number of benzene rings is 1. The van der Waals surface area contributed by atoms with Crippen molar-refractivity contribution in [2.45, 2.75) is 38.1 Å². The van der Waals surface area contributed by atoms with E-state index in [2.05, 4.69) is 41.9 Å². The zero-order chi connectivity index (χ0) is 10.5. The van der Waals surface area contributed by atoms with Gasteiger partial charge < -0.3 is 4.57 Å². The molecular formula is C13H21NSi. The van der Waals surface area contributed by atoms with Crippen molar-refractivity contribution >= 4 is 14.9 Å². The SMILES string of the molecule is CN([SiH2]c1ccccc1)C1CCCCC1. The minimum absolute atomic E-state index is 0.199. The van der Waals surface area contributed by atoms with Gasteiger partial charge in [0.2, 0.25) is 0 Å². The normalized spacial score (nSPS) is 19.1. The first-order valence-electron chi connectivity index (χ1n) is 6.10. The van der Waals surface area contributed by atoms with Crippen molar-refractivity contribution in [2.75, 3.05) is 7.05 Å². The lowest BCUT2D eigenvalue weighted by atomic mass is 9.96. The zero-order valence-corrected chi connectivity index (χ0v) is 11.1. The van der Waals surface area contributed by atoms with Gasteiger partial charge in [0.1, 0.15) is 9.68 Å². The van der Waals surface area contributed by atoms with E-state index < -0.39 is 0 Å². The van der Waals surface area contributed by atoms with Crippen molar-refractivity contribution in [3.63, 3.8) is 0 Å². The Hall–Kier alpha value is -0.603. The molecule has 0 amide bonds. The van der Waals surface area contributed by atoms with Crippen LogP contribution >= 0.6 is 0 Å². The average Bonchev–Trinajstić information content (AvgIpc) is 2.31. The van der Waals surface area contributed by atoms with Crippen molar-refractivity contribution in [3.8, 4) is 0 Å². The van der Waals surface area contributed by atoms with E-state index in [1.54, 1.807) is 5.19 Å². The quantitative estimate of drug-likeness (QED) is 0.699. The fourth-order valence-electron chi connectivity index (χ4n) is 2.52. The standard InChI is InChI=1S/C13H21NSi/c1-14(12-8-4-2-5-9-12)15-13-10-6-3-7-11-13/h3,6-7,10-12H,2,4-5,8-9,15H2,1H3. The van der Waals surface area contributed by atoms with Gasteiger partial charge in [0.25, 0.3) is 0 Å². The van der Waals surface area contributed by atoms with Crippen LogP contribution in [0.25, 0.3) is 0 Å². The molecule has 2 heteroatoms. The molecule has 15 heavy (non-hydrogen) atoms. The molecule has 0 atom stereocenters. The van der Waals surface area contributed by atoms with Crippen molar-refractivity contribution in [3.05, 3.63) is 30.3 Å². The van der Waals surface area contributed by atoms with Crippen LogP contribution in [0.3, 0.4) is 0 Å². The molecule has 0 unspecified atom stereocenters. The van der Waals surface area contributed by atoms with Gasteiger partial charge in [-0.3, -0.25) is 0 Å². The highest BCUT2D eigenvalue weighted by atomic mass is 28.2. The summed E-state index contributed by atoms with van der Waals surface area (Å²) in [6.45, 7) is 0. The third kappa shape index (κ3) is 3.18. The van der Waals surface area contributed by atoms with Gasteiger partial charge in [-0.1, -0.05) is 49.6 Å². The molecule has 0 radical (unpaired) electrons. The minimum atomic E-state index is -0.199. The molecule has 1 aliphatic rings. The van der Waals surface area contributed by atoms with Gasteiger partial charge in [0.15, 0.2) is 0 Å². The van der Waals surface area contributed by atoms with E-state index in [4.69, 9.17) is 0 Å². The Balaban J connectivity index is 1.88. The number of hydrogen-bond donors (Lipinski definition) is 0. The molecule has 1 aliphatic carbocycles. The van der Waals surface area contributed by atoms with E-state index in [-0.39, 0.29) is 9.68 Å². The predicted octanol–water partition coefficient (Wildman–Crippen LogP) is 1.66. The topological polar surface area (TPSA) is 3.24 Å². The van der Waals surface area contributed by atoms with Crippen LogP contribution in [0.5, 0.6) is 0 Å². The van der Waals surface area contributed by atoms with Crippen LogP contribution in [0.4, 0.5) is 0 Å². The van der Waals surface area contributed by atoms with Crippen LogP contribution < -0.4 is 5.19 Å². The highest BCUT2D eigenvalue weighted by molar-refractivity contribution is 6.50. The first-order valence-corrected chi connectivity index (χ1v) is 7.44. The second kappa shape index (κ2) is 5.47. The van der Waals surface area contributed by atoms with Gasteiger partial charge in [-0.2, -0.15) is 0 Å². The summed E-state index contributed by atoms with van der Waals surface area (Å²) in [7, 11) is 2.13. The van der Waals surface area contributed by atoms with Gasteiger partial charge in [0.05, 0.1) is 0 Å². The molecule has 1 nitrogen and oxygen atoms in total. The summed E-state index contributed by atoms with van der Waals surface area (Å²) in [6, 6.07) is 11.9. The zero-order valence-electron chi connectivity index (χ0n) is 9.65. The fourth-order valence-corrected chi connectivity index (χ4v) is 4.20. The molecule has 1 aromatic rings. The van der Waals surface area contributed by atoms with E-state index >= 15 is 0 Å². The smallest absolute Gasteiger partial charge is 0.127 e. The van der Waals surface area contributed by atoms with Crippen molar-refractivity contribution in [1.82, 2.24) is 4.57 Å². The van der Waals surface area contributed by atoms with Crippen LogP contribution in [0, 0.1) is 0 Å². The van der Waals surface area contributed by atoms with Crippen LogP contribution in [0.15, 0.2) is 30.3 Å². The highest BCUT2D eigenvalue weighted by Gasteiger charge is 2.17.